The molecular weight excluding hydrogens is 224 g/mol. The lowest BCUT2D eigenvalue weighted by Gasteiger charge is -2.01. The lowest BCUT2D eigenvalue weighted by Crippen LogP contribution is -1.97. The van der Waals surface area contributed by atoms with Gasteiger partial charge in [-0.25, -0.2) is 0 Å². The molecule has 3 nitrogen and oxygen atoms in total. The normalized spacial score (nSPS) is 10.8. The number of aryl methyl sites for hydroxylation is 1. The zero-order valence-electron chi connectivity index (χ0n) is 11.8. The van der Waals surface area contributed by atoms with Crippen LogP contribution in [0.1, 0.15) is 75.1 Å². The average molecular weight is 250 g/mol. The van der Waals surface area contributed by atoms with Crippen molar-refractivity contribution in [3.05, 3.63) is 18.0 Å². The van der Waals surface area contributed by atoms with E-state index in [9.17, 15) is 4.79 Å². The highest BCUT2D eigenvalue weighted by molar-refractivity contribution is 5.95. The van der Waals surface area contributed by atoms with Crippen molar-refractivity contribution in [2.24, 2.45) is 7.05 Å². The Hall–Kier alpha value is -1.12. The summed E-state index contributed by atoms with van der Waals surface area (Å²) in [6.07, 6.45) is 14.3. The molecule has 0 bridgehead atoms. The number of Topliss-reactive ketones (excluding diaryl/α,β-unsaturated/α-hetero) is 1. The van der Waals surface area contributed by atoms with Crippen LogP contribution in [0.5, 0.6) is 0 Å². The Morgan fingerprint density at radius 2 is 1.72 bits per heavy atom. The highest BCUT2D eigenvalue weighted by Gasteiger charge is 2.06. The van der Waals surface area contributed by atoms with Gasteiger partial charge >= 0.3 is 0 Å². The second-order valence-corrected chi connectivity index (χ2v) is 5.05. The van der Waals surface area contributed by atoms with Crippen molar-refractivity contribution in [2.75, 3.05) is 0 Å². The zero-order chi connectivity index (χ0) is 13.2. The van der Waals surface area contributed by atoms with E-state index in [4.69, 9.17) is 0 Å². The number of unbranched alkanes of at least 4 members (excludes halogenated alkanes) is 7. The molecular formula is C15H26N2O. The fourth-order valence-electron chi connectivity index (χ4n) is 2.13. The Morgan fingerprint density at radius 3 is 2.28 bits per heavy atom. The summed E-state index contributed by atoms with van der Waals surface area (Å²) in [7, 11) is 1.84. The van der Waals surface area contributed by atoms with Crippen LogP contribution < -0.4 is 0 Å². The molecule has 0 N–H and O–H groups in total. The predicted octanol–water partition coefficient (Wildman–Crippen LogP) is 4.13. The second-order valence-electron chi connectivity index (χ2n) is 5.05. The van der Waals surface area contributed by atoms with Crippen molar-refractivity contribution in [1.29, 1.82) is 0 Å². The molecule has 1 aromatic rings. The van der Waals surface area contributed by atoms with Gasteiger partial charge < -0.3 is 0 Å². The van der Waals surface area contributed by atoms with Crippen molar-refractivity contribution in [2.45, 2.75) is 64.7 Å². The van der Waals surface area contributed by atoms with Crippen LogP contribution in [-0.4, -0.2) is 15.6 Å². The molecule has 0 spiro atoms. The minimum atomic E-state index is 0.231. The molecule has 1 aromatic heterocycles. The molecule has 102 valence electrons. The monoisotopic (exact) mass is 250 g/mol. The average Bonchev–Trinajstić information content (AvgIpc) is 2.79. The van der Waals surface area contributed by atoms with Gasteiger partial charge in [0.2, 0.25) is 0 Å². The second kappa shape index (κ2) is 8.90. The standard InChI is InChI=1S/C15H26N2O/c1-3-4-5-6-7-8-9-10-11-15(18)14-12-16-17(2)13-14/h12-13H,3-11H2,1-2H3. The topological polar surface area (TPSA) is 34.9 Å². The summed E-state index contributed by atoms with van der Waals surface area (Å²) < 4.78 is 1.68. The lowest BCUT2D eigenvalue weighted by atomic mass is 10.0. The van der Waals surface area contributed by atoms with Crippen LogP contribution in [0.4, 0.5) is 0 Å². The van der Waals surface area contributed by atoms with Gasteiger partial charge in [-0.05, 0) is 6.42 Å². The predicted molar refractivity (Wildman–Crippen MR) is 74.8 cm³/mol. The van der Waals surface area contributed by atoms with Crippen LogP contribution in [0.15, 0.2) is 12.4 Å². The number of nitrogens with zero attached hydrogens (tertiary/aromatic N) is 2. The van der Waals surface area contributed by atoms with Crippen LogP contribution in [0.25, 0.3) is 0 Å². The molecule has 0 saturated heterocycles. The first-order valence-electron chi connectivity index (χ1n) is 7.26. The molecule has 3 heteroatoms. The van der Waals surface area contributed by atoms with E-state index in [1.165, 1.54) is 44.9 Å². The van der Waals surface area contributed by atoms with E-state index in [0.717, 1.165) is 12.0 Å². The minimum Gasteiger partial charge on any atom is -0.294 e. The largest absolute Gasteiger partial charge is 0.294 e. The molecule has 0 aromatic carbocycles. The number of hydrogen-bond donors (Lipinski definition) is 0. The van der Waals surface area contributed by atoms with E-state index in [1.54, 1.807) is 17.1 Å². The fourth-order valence-corrected chi connectivity index (χ4v) is 2.13. The Labute approximate surface area is 111 Å². The minimum absolute atomic E-state index is 0.231. The van der Waals surface area contributed by atoms with Crippen molar-refractivity contribution >= 4 is 5.78 Å². The van der Waals surface area contributed by atoms with Gasteiger partial charge in [0, 0.05) is 19.7 Å². The number of hydrogen-bond acceptors (Lipinski definition) is 2. The summed E-state index contributed by atoms with van der Waals surface area (Å²) in [5.74, 6) is 0.231. The Morgan fingerprint density at radius 1 is 1.11 bits per heavy atom. The van der Waals surface area contributed by atoms with Gasteiger partial charge in [0.15, 0.2) is 5.78 Å². The summed E-state index contributed by atoms with van der Waals surface area (Å²) in [6, 6.07) is 0. The van der Waals surface area contributed by atoms with Gasteiger partial charge in [0.25, 0.3) is 0 Å². The molecule has 0 fully saturated rings. The highest BCUT2D eigenvalue weighted by Crippen LogP contribution is 2.11. The highest BCUT2D eigenvalue weighted by atomic mass is 16.1. The van der Waals surface area contributed by atoms with Gasteiger partial charge in [-0.3, -0.25) is 9.48 Å². The molecule has 0 aliphatic heterocycles. The van der Waals surface area contributed by atoms with Crippen LogP contribution in [0.2, 0.25) is 0 Å². The summed E-state index contributed by atoms with van der Waals surface area (Å²) in [5.41, 5.74) is 0.750. The summed E-state index contributed by atoms with van der Waals surface area (Å²) in [4.78, 5) is 11.8. The summed E-state index contributed by atoms with van der Waals surface area (Å²) in [6.45, 7) is 2.24. The summed E-state index contributed by atoms with van der Waals surface area (Å²) in [5, 5.41) is 4.02. The number of ketones is 1. The fraction of sp³-hybridized carbons (Fsp3) is 0.733. The quantitative estimate of drug-likeness (QED) is 0.462. The lowest BCUT2D eigenvalue weighted by molar-refractivity contribution is 0.0979. The molecule has 1 heterocycles. The Bertz CT molecular complexity index is 344. The molecule has 18 heavy (non-hydrogen) atoms. The SMILES string of the molecule is CCCCCCCCCCC(=O)c1cnn(C)c1. The van der Waals surface area contributed by atoms with Crippen LogP contribution in [0, 0.1) is 0 Å². The summed E-state index contributed by atoms with van der Waals surface area (Å²) >= 11 is 0. The zero-order valence-corrected chi connectivity index (χ0v) is 11.8. The van der Waals surface area contributed by atoms with E-state index in [0.29, 0.717) is 6.42 Å². The molecule has 0 saturated carbocycles. The van der Waals surface area contributed by atoms with Gasteiger partial charge in [-0.15, -0.1) is 0 Å². The first-order valence-corrected chi connectivity index (χ1v) is 7.26. The number of rotatable bonds is 10. The van der Waals surface area contributed by atoms with Gasteiger partial charge in [0.1, 0.15) is 0 Å². The third-order valence-corrected chi connectivity index (χ3v) is 3.28. The first-order chi connectivity index (χ1) is 8.74. The van der Waals surface area contributed by atoms with Gasteiger partial charge in [0.05, 0.1) is 11.8 Å². The number of aromatic nitrogens is 2. The molecule has 0 unspecified atom stereocenters. The van der Waals surface area contributed by atoms with Crippen molar-refractivity contribution in [3.63, 3.8) is 0 Å². The van der Waals surface area contributed by atoms with Gasteiger partial charge in [-0.2, -0.15) is 5.10 Å². The maximum Gasteiger partial charge on any atom is 0.166 e. The Balaban J connectivity index is 1.99. The van der Waals surface area contributed by atoms with E-state index in [2.05, 4.69) is 12.0 Å². The van der Waals surface area contributed by atoms with E-state index in [-0.39, 0.29) is 5.78 Å². The van der Waals surface area contributed by atoms with Crippen LogP contribution in [0.3, 0.4) is 0 Å². The molecule has 0 aliphatic rings. The van der Waals surface area contributed by atoms with E-state index >= 15 is 0 Å². The van der Waals surface area contributed by atoms with Crippen molar-refractivity contribution < 1.29 is 4.79 Å². The molecule has 1 rings (SSSR count). The molecule has 0 atom stereocenters. The van der Waals surface area contributed by atoms with Crippen LogP contribution in [-0.2, 0) is 7.05 Å². The smallest absolute Gasteiger partial charge is 0.166 e. The molecule has 0 amide bonds. The number of carbonyl (C=O) groups is 1. The van der Waals surface area contributed by atoms with Crippen molar-refractivity contribution in [3.8, 4) is 0 Å². The third-order valence-electron chi connectivity index (χ3n) is 3.28. The molecule has 0 radical (unpaired) electrons. The Kier molecular flexibility index (Phi) is 7.38. The molecule has 0 aliphatic carbocycles. The number of carbonyl (C=O) groups excluding carboxylic acids is 1. The third kappa shape index (κ3) is 5.99. The van der Waals surface area contributed by atoms with Crippen molar-refractivity contribution in [1.82, 2.24) is 9.78 Å². The van der Waals surface area contributed by atoms with E-state index in [1.807, 2.05) is 7.05 Å². The first kappa shape index (κ1) is 14.9. The maximum atomic E-state index is 11.8. The van der Waals surface area contributed by atoms with E-state index < -0.39 is 0 Å². The van der Waals surface area contributed by atoms with Crippen LogP contribution >= 0.6 is 0 Å². The van der Waals surface area contributed by atoms with Gasteiger partial charge in [-0.1, -0.05) is 51.9 Å². The maximum absolute atomic E-state index is 11.8.